The summed E-state index contributed by atoms with van der Waals surface area (Å²) in [6.45, 7) is 3.04. The molecule has 0 unspecified atom stereocenters. The molecule has 0 spiro atoms. The van der Waals surface area contributed by atoms with E-state index in [-0.39, 0.29) is 0 Å². The quantitative estimate of drug-likeness (QED) is 0.685. The Morgan fingerprint density at radius 2 is 2.06 bits per heavy atom. The summed E-state index contributed by atoms with van der Waals surface area (Å²) in [6.07, 6.45) is 0. The van der Waals surface area contributed by atoms with Gasteiger partial charge in [-0.25, -0.2) is 0 Å². The molecule has 4 heteroatoms. The second-order valence-corrected chi connectivity index (χ2v) is 6.67. The standard InChI is InChI=1S/C14H15BrClNS/c1-10-7-12(4-3-11(10)8-15)17(2)9-13-5-6-14(16)18-13/h3-7H,8-9H2,1-2H3. The smallest absolute Gasteiger partial charge is 0.0931 e. The van der Waals surface area contributed by atoms with Gasteiger partial charge in [0, 0.05) is 22.9 Å². The van der Waals surface area contributed by atoms with Gasteiger partial charge in [-0.05, 0) is 42.3 Å². The van der Waals surface area contributed by atoms with Crippen LogP contribution in [0.3, 0.4) is 0 Å². The second kappa shape index (κ2) is 6.09. The molecule has 96 valence electrons. The van der Waals surface area contributed by atoms with Crippen LogP contribution in [0.1, 0.15) is 16.0 Å². The summed E-state index contributed by atoms with van der Waals surface area (Å²) < 4.78 is 0.851. The minimum absolute atomic E-state index is 0.851. The molecule has 18 heavy (non-hydrogen) atoms. The Bertz CT molecular complexity index is 538. The maximum absolute atomic E-state index is 5.95. The number of thiophene rings is 1. The van der Waals surface area contributed by atoms with Crippen LogP contribution in [0.2, 0.25) is 4.34 Å². The van der Waals surface area contributed by atoms with Crippen molar-refractivity contribution in [3.05, 3.63) is 50.7 Å². The zero-order chi connectivity index (χ0) is 13.1. The third-order valence-electron chi connectivity index (χ3n) is 2.93. The molecule has 1 nitrogen and oxygen atoms in total. The number of halogens is 2. The van der Waals surface area contributed by atoms with E-state index >= 15 is 0 Å². The van der Waals surface area contributed by atoms with E-state index in [0.29, 0.717) is 0 Å². The zero-order valence-electron chi connectivity index (χ0n) is 10.4. The van der Waals surface area contributed by atoms with Crippen molar-refractivity contribution in [3.8, 4) is 0 Å². The number of hydrogen-bond donors (Lipinski definition) is 0. The number of alkyl halides is 1. The average Bonchev–Trinajstić information content (AvgIpc) is 2.74. The molecular weight excluding hydrogens is 330 g/mol. The lowest BCUT2D eigenvalue weighted by Crippen LogP contribution is -2.15. The highest BCUT2D eigenvalue weighted by Gasteiger charge is 2.06. The van der Waals surface area contributed by atoms with Crippen molar-refractivity contribution >= 4 is 44.6 Å². The van der Waals surface area contributed by atoms with Crippen molar-refractivity contribution in [2.75, 3.05) is 11.9 Å². The van der Waals surface area contributed by atoms with Crippen LogP contribution in [-0.2, 0) is 11.9 Å². The van der Waals surface area contributed by atoms with Crippen LogP contribution < -0.4 is 4.90 Å². The van der Waals surface area contributed by atoms with E-state index in [1.54, 1.807) is 11.3 Å². The van der Waals surface area contributed by atoms with E-state index < -0.39 is 0 Å². The van der Waals surface area contributed by atoms with Crippen LogP contribution in [-0.4, -0.2) is 7.05 Å². The number of rotatable bonds is 4. The first kappa shape index (κ1) is 13.9. The SMILES string of the molecule is Cc1cc(N(C)Cc2ccc(Cl)s2)ccc1CBr. The summed E-state index contributed by atoms with van der Waals surface area (Å²) in [5.74, 6) is 0. The summed E-state index contributed by atoms with van der Waals surface area (Å²) in [5, 5.41) is 0.906. The Morgan fingerprint density at radius 1 is 1.28 bits per heavy atom. The Morgan fingerprint density at radius 3 is 2.61 bits per heavy atom. The summed E-state index contributed by atoms with van der Waals surface area (Å²) >= 11 is 11.1. The monoisotopic (exact) mass is 343 g/mol. The Labute approximate surface area is 126 Å². The lowest BCUT2D eigenvalue weighted by Gasteiger charge is -2.19. The summed E-state index contributed by atoms with van der Waals surface area (Å²) in [7, 11) is 2.11. The van der Waals surface area contributed by atoms with Gasteiger partial charge in [-0.2, -0.15) is 0 Å². The number of aryl methyl sites for hydroxylation is 1. The van der Waals surface area contributed by atoms with Crippen LogP contribution in [0.5, 0.6) is 0 Å². The second-order valence-electron chi connectivity index (χ2n) is 4.31. The van der Waals surface area contributed by atoms with Gasteiger partial charge in [-0.15, -0.1) is 11.3 Å². The van der Waals surface area contributed by atoms with Crippen LogP contribution in [0.4, 0.5) is 5.69 Å². The van der Waals surface area contributed by atoms with Crippen LogP contribution in [0.25, 0.3) is 0 Å². The van der Waals surface area contributed by atoms with Crippen molar-refractivity contribution in [3.63, 3.8) is 0 Å². The summed E-state index contributed by atoms with van der Waals surface area (Å²) in [6, 6.07) is 10.6. The molecule has 1 heterocycles. The lowest BCUT2D eigenvalue weighted by molar-refractivity contribution is 0.938. The molecule has 0 saturated heterocycles. The van der Waals surface area contributed by atoms with Crippen molar-refractivity contribution in [1.82, 2.24) is 0 Å². The van der Waals surface area contributed by atoms with E-state index in [9.17, 15) is 0 Å². The Hall–Kier alpha value is -0.510. The highest BCUT2D eigenvalue weighted by molar-refractivity contribution is 9.08. The molecule has 0 fully saturated rings. The first-order valence-corrected chi connectivity index (χ1v) is 8.02. The molecule has 0 aliphatic rings. The van der Waals surface area contributed by atoms with E-state index in [1.165, 1.54) is 21.7 Å². The maximum Gasteiger partial charge on any atom is 0.0931 e. The van der Waals surface area contributed by atoms with Crippen molar-refractivity contribution in [1.29, 1.82) is 0 Å². The van der Waals surface area contributed by atoms with E-state index in [1.807, 2.05) is 6.07 Å². The van der Waals surface area contributed by atoms with Gasteiger partial charge in [-0.1, -0.05) is 33.6 Å². The van der Waals surface area contributed by atoms with Crippen molar-refractivity contribution in [2.45, 2.75) is 18.8 Å². The highest BCUT2D eigenvalue weighted by Crippen LogP contribution is 2.25. The first-order valence-electron chi connectivity index (χ1n) is 5.71. The molecule has 1 aromatic heterocycles. The predicted molar refractivity (Wildman–Crippen MR) is 85.2 cm³/mol. The molecular formula is C14H15BrClNS. The van der Waals surface area contributed by atoms with Gasteiger partial charge in [0.25, 0.3) is 0 Å². The largest absolute Gasteiger partial charge is 0.369 e. The fraction of sp³-hybridized carbons (Fsp3) is 0.286. The van der Waals surface area contributed by atoms with Gasteiger partial charge < -0.3 is 4.90 Å². The van der Waals surface area contributed by atoms with E-state index in [2.05, 4.69) is 59.1 Å². The molecule has 0 N–H and O–H groups in total. The average molecular weight is 345 g/mol. The van der Waals surface area contributed by atoms with Crippen LogP contribution in [0, 0.1) is 6.92 Å². The third kappa shape index (κ3) is 3.28. The summed E-state index contributed by atoms with van der Waals surface area (Å²) in [4.78, 5) is 3.53. The number of benzene rings is 1. The molecule has 0 radical (unpaired) electrons. The van der Waals surface area contributed by atoms with Gasteiger partial charge in [0.1, 0.15) is 0 Å². The third-order valence-corrected chi connectivity index (χ3v) is 4.75. The van der Waals surface area contributed by atoms with Crippen molar-refractivity contribution in [2.24, 2.45) is 0 Å². The fourth-order valence-electron chi connectivity index (χ4n) is 1.83. The molecule has 0 amide bonds. The van der Waals surface area contributed by atoms with Crippen LogP contribution >= 0.6 is 38.9 Å². The molecule has 0 aliphatic carbocycles. The molecule has 0 atom stereocenters. The molecule has 0 bridgehead atoms. The molecule has 1 aromatic carbocycles. The van der Waals surface area contributed by atoms with E-state index in [4.69, 9.17) is 11.6 Å². The topological polar surface area (TPSA) is 3.24 Å². The fourth-order valence-corrected chi connectivity index (χ4v) is 3.60. The predicted octanol–water partition coefficient (Wildman–Crippen LogP) is 5.24. The maximum atomic E-state index is 5.95. The van der Waals surface area contributed by atoms with Gasteiger partial charge in [0.05, 0.1) is 10.9 Å². The lowest BCUT2D eigenvalue weighted by atomic mass is 10.1. The number of nitrogens with zero attached hydrogens (tertiary/aromatic N) is 1. The van der Waals surface area contributed by atoms with Gasteiger partial charge in [0.2, 0.25) is 0 Å². The first-order chi connectivity index (χ1) is 8.60. The Balaban J connectivity index is 2.13. The van der Waals surface area contributed by atoms with E-state index in [0.717, 1.165) is 16.2 Å². The molecule has 2 aromatic rings. The number of hydrogen-bond acceptors (Lipinski definition) is 2. The normalized spacial score (nSPS) is 10.7. The van der Waals surface area contributed by atoms with Crippen molar-refractivity contribution < 1.29 is 0 Å². The minimum Gasteiger partial charge on any atom is -0.369 e. The van der Waals surface area contributed by atoms with Crippen LogP contribution in [0.15, 0.2) is 30.3 Å². The van der Waals surface area contributed by atoms with Gasteiger partial charge >= 0.3 is 0 Å². The molecule has 0 saturated carbocycles. The minimum atomic E-state index is 0.851. The van der Waals surface area contributed by atoms with Gasteiger partial charge in [-0.3, -0.25) is 0 Å². The zero-order valence-corrected chi connectivity index (χ0v) is 13.6. The Kier molecular flexibility index (Phi) is 4.71. The highest BCUT2D eigenvalue weighted by atomic mass is 79.9. The van der Waals surface area contributed by atoms with Gasteiger partial charge in [0.15, 0.2) is 0 Å². The number of anilines is 1. The molecule has 2 rings (SSSR count). The summed E-state index contributed by atoms with van der Waals surface area (Å²) in [5.41, 5.74) is 3.90. The molecule has 0 aliphatic heterocycles.